The minimum Gasteiger partial charge on any atom is -0.454 e. The van der Waals surface area contributed by atoms with Crippen LogP contribution in [-0.4, -0.2) is 0 Å². The van der Waals surface area contributed by atoms with Gasteiger partial charge in [0.2, 0.25) is 0 Å². The summed E-state index contributed by atoms with van der Waals surface area (Å²) in [5.74, 6) is -3.32. The quantitative estimate of drug-likeness (QED) is 0.148. The molecule has 3 rings (SSSR count). The summed E-state index contributed by atoms with van der Waals surface area (Å²) < 4.78 is 69.6. The molecule has 0 saturated heterocycles. The first kappa shape index (κ1) is 28.5. The van der Waals surface area contributed by atoms with Crippen molar-refractivity contribution < 1.29 is 27.0 Å². The SMILES string of the molecule is CCCCCCc1ccc(Oc2ccc(F)c(C(F)(F)Oc3ccc(CCCCCC)cc3)c2F)cc1. The van der Waals surface area contributed by atoms with E-state index in [4.69, 9.17) is 9.47 Å². The van der Waals surface area contributed by atoms with Gasteiger partial charge in [-0.1, -0.05) is 76.6 Å². The van der Waals surface area contributed by atoms with Gasteiger partial charge in [0.15, 0.2) is 11.6 Å². The fourth-order valence-electron chi connectivity index (χ4n) is 4.17. The molecule has 200 valence electrons. The van der Waals surface area contributed by atoms with Crippen LogP contribution in [0.3, 0.4) is 0 Å². The molecule has 0 N–H and O–H groups in total. The van der Waals surface area contributed by atoms with Gasteiger partial charge in [0, 0.05) is 0 Å². The number of hydrogen-bond acceptors (Lipinski definition) is 2. The molecule has 0 saturated carbocycles. The van der Waals surface area contributed by atoms with Gasteiger partial charge in [0.1, 0.15) is 22.9 Å². The van der Waals surface area contributed by atoms with Gasteiger partial charge in [-0.2, -0.15) is 8.78 Å². The summed E-state index contributed by atoms with van der Waals surface area (Å²) >= 11 is 0. The van der Waals surface area contributed by atoms with E-state index in [1.807, 2.05) is 12.1 Å². The van der Waals surface area contributed by atoms with Crippen LogP contribution in [0, 0.1) is 11.6 Å². The zero-order valence-corrected chi connectivity index (χ0v) is 21.7. The van der Waals surface area contributed by atoms with Gasteiger partial charge in [0.25, 0.3) is 0 Å². The summed E-state index contributed by atoms with van der Waals surface area (Å²) in [5.41, 5.74) is 0.614. The maximum Gasteiger partial charge on any atom is 0.432 e. The highest BCUT2D eigenvalue weighted by Gasteiger charge is 2.42. The number of halogens is 4. The molecule has 2 nitrogen and oxygen atoms in total. The van der Waals surface area contributed by atoms with Crippen LogP contribution in [0.4, 0.5) is 17.6 Å². The minimum atomic E-state index is -4.24. The number of benzene rings is 3. The van der Waals surface area contributed by atoms with Crippen molar-refractivity contribution in [1.82, 2.24) is 0 Å². The van der Waals surface area contributed by atoms with Gasteiger partial charge in [0.05, 0.1) is 0 Å². The Morgan fingerprint density at radius 2 is 1.14 bits per heavy atom. The Balaban J connectivity index is 1.68. The molecule has 0 aliphatic carbocycles. The van der Waals surface area contributed by atoms with Gasteiger partial charge in [-0.25, -0.2) is 8.78 Å². The number of hydrogen-bond donors (Lipinski definition) is 0. The summed E-state index contributed by atoms with van der Waals surface area (Å²) in [6.45, 7) is 4.29. The lowest BCUT2D eigenvalue weighted by molar-refractivity contribution is -0.189. The highest BCUT2D eigenvalue weighted by molar-refractivity contribution is 5.39. The van der Waals surface area contributed by atoms with Crippen LogP contribution in [0.2, 0.25) is 0 Å². The second-order valence-electron chi connectivity index (χ2n) is 9.36. The fraction of sp³-hybridized carbons (Fsp3) is 0.419. The van der Waals surface area contributed by atoms with Gasteiger partial charge < -0.3 is 9.47 Å². The zero-order valence-electron chi connectivity index (χ0n) is 21.7. The van der Waals surface area contributed by atoms with Crippen molar-refractivity contribution in [2.75, 3.05) is 0 Å². The predicted molar refractivity (Wildman–Crippen MR) is 140 cm³/mol. The number of alkyl halides is 2. The van der Waals surface area contributed by atoms with Crippen molar-refractivity contribution in [3.63, 3.8) is 0 Å². The van der Waals surface area contributed by atoms with Gasteiger partial charge in [-0.15, -0.1) is 0 Å². The van der Waals surface area contributed by atoms with E-state index in [0.29, 0.717) is 0 Å². The Kier molecular flexibility index (Phi) is 10.8. The molecule has 0 fully saturated rings. The first-order valence-corrected chi connectivity index (χ1v) is 13.2. The van der Waals surface area contributed by atoms with E-state index in [0.717, 1.165) is 81.0 Å². The molecular weight excluding hydrogens is 480 g/mol. The first-order chi connectivity index (χ1) is 17.8. The molecule has 0 radical (unpaired) electrons. The van der Waals surface area contributed by atoms with Crippen LogP contribution < -0.4 is 9.47 Å². The number of aryl methyl sites for hydroxylation is 2. The molecule has 0 amide bonds. The number of rotatable bonds is 15. The van der Waals surface area contributed by atoms with E-state index in [2.05, 4.69) is 13.8 Å². The van der Waals surface area contributed by atoms with Crippen molar-refractivity contribution in [2.45, 2.75) is 84.2 Å². The lowest BCUT2D eigenvalue weighted by atomic mass is 10.1. The van der Waals surface area contributed by atoms with Crippen LogP contribution in [0.1, 0.15) is 81.9 Å². The highest BCUT2D eigenvalue weighted by Crippen LogP contribution is 2.39. The van der Waals surface area contributed by atoms with Gasteiger partial charge >= 0.3 is 6.11 Å². The van der Waals surface area contributed by atoms with Crippen molar-refractivity contribution in [3.05, 3.63) is 89.0 Å². The summed E-state index contributed by atoms with van der Waals surface area (Å²) in [6, 6.07) is 14.9. The average Bonchev–Trinajstić information content (AvgIpc) is 2.88. The smallest absolute Gasteiger partial charge is 0.432 e. The molecule has 0 unspecified atom stereocenters. The van der Waals surface area contributed by atoms with Crippen LogP contribution >= 0.6 is 0 Å². The topological polar surface area (TPSA) is 18.5 Å². The molecule has 0 heterocycles. The van der Waals surface area contributed by atoms with Crippen LogP contribution in [0.25, 0.3) is 0 Å². The lowest BCUT2D eigenvalue weighted by Gasteiger charge is -2.20. The van der Waals surface area contributed by atoms with E-state index < -0.39 is 29.1 Å². The van der Waals surface area contributed by atoms with Crippen molar-refractivity contribution in [2.24, 2.45) is 0 Å². The third-order valence-electron chi connectivity index (χ3n) is 6.31. The van der Waals surface area contributed by atoms with E-state index in [1.54, 1.807) is 24.3 Å². The van der Waals surface area contributed by atoms with Crippen LogP contribution in [-0.2, 0) is 19.0 Å². The van der Waals surface area contributed by atoms with Gasteiger partial charge in [-0.3, -0.25) is 0 Å². The Morgan fingerprint density at radius 3 is 1.65 bits per heavy atom. The lowest BCUT2D eigenvalue weighted by Crippen LogP contribution is -2.25. The van der Waals surface area contributed by atoms with Crippen molar-refractivity contribution in [1.29, 1.82) is 0 Å². The predicted octanol–water partition coefficient (Wildman–Crippen LogP) is 10.1. The van der Waals surface area contributed by atoms with Crippen molar-refractivity contribution >= 4 is 0 Å². The summed E-state index contributed by atoms with van der Waals surface area (Å²) in [4.78, 5) is 0. The standard InChI is InChI=1S/C31H36F4O2/c1-3-5-7-9-11-23-13-17-25(18-14-23)36-28-22-21-27(32)29(30(28)33)31(34,35)37-26-19-15-24(16-20-26)12-10-8-6-4-2/h13-22H,3-12H2,1-2H3. The third-order valence-corrected chi connectivity index (χ3v) is 6.31. The fourth-order valence-corrected chi connectivity index (χ4v) is 4.17. The zero-order chi connectivity index (χ0) is 26.7. The molecule has 6 heteroatoms. The van der Waals surface area contributed by atoms with E-state index in [-0.39, 0.29) is 11.5 Å². The molecule has 0 aromatic heterocycles. The Labute approximate surface area is 217 Å². The first-order valence-electron chi connectivity index (χ1n) is 13.2. The summed E-state index contributed by atoms with van der Waals surface area (Å²) in [5, 5.41) is 0. The second-order valence-corrected chi connectivity index (χ2v) is 9.36. The Bertz CT molecular complexity index is 1100. The second kappa shape index (κ2) is 14.1. The molecule has 0 aliphatic heterocycles. The average molecular weight is 517 g/mol. The third kappa shape index (κ3) is 8.51. The molecule has 0 atom stereocenters. The maximum atomic E-state index is 15.1. The van der Waals surface area contributed by atoms with Crippen molar-refractivity contribution in [3.8, 4) is 17.2 Å². The van der Waals surface area contributed by atoms with Crippen LogP contribution in [0.15, 0.2) is 60.7 Å². The number of ether oxygens (including phenoxy) is 2. The molecule has 0 bridgehead atoms. The van der Waals surface area contributed by atoms with Crippen LogP contribution in [0.5, 0.6) is 17.2 Å². The highest BCUT2D eigenvalue weighted by atomic mass is 19.3. The molecule has 0 spiro atoms. The molecule has 0 aliphatic rings. The van der Waals surface area contributed by atoms with E-state index in [1.165, 1.54) is 18.6 Å². The normalized spacial score (nSPS) is 11.5. The minimum absolute atomic E-state index is 0.179. The van der Waals surface area contributed by atoms with Gasteiger partial charge in [-0.05, 0) is 73.2 Å². The maximum absolute atomic E-state index is 15.1. The molecule has 3 aromatic rings. The largest absolute Gasteiger partial charge is 0.454 e. The molecule has 3 aromatic carbocycles. The summed E-state index contributed by atoms with van der Waals surface area (Å²) in [6.07, 6.45) is 6.47. The van der Waals surface area contributed by atoms with E-state index >= 15 is 4.39 Å². The Morgan fingerprint density at radius 1 is 0.622 bits per heavy atom. The molecule has 37 heavy (non-hydrogen) atoms. The summed E-state index contributed by atoms with van der Waals surface area (Å²) in [7, 11) is 0. The monoisotopic (exact) mass is 516 g/mol. The number of unbranched alkanes of at least 4 members (excludes halogenated alkanes) is 6. The Hall–Kier alpha value is -3.02. The molecular formula is C31H36F4O2. The van der Waals surface area contributed by atoms with E-state index in [9.17, 15) is 13.2 Å².